The third kappa shape index (κ3) is 1.74. The van der Waals surface area contributed by atoms with Crippen molar-refractivity contribution in [2.75, 3.05) is 0 Å². The van der Waals surface area contributed by atoms with E-state index in [0.717, 1.165) is 0 Å². The van der Waals surface area contributed by atoms with Gasteiger partial charge in [-0.05, 0) is 33.6 Å². The van der Waals surface area contributed by atoms with E-state index >= 15 is 0 Å². The fourth-order valence-corrected chi connectivity index (χ4v) is 1.53. The van der Waals surface area contributed by atoms with Gasteiger partial charge in [-0.3, -0.25) is 4.79 Å². The van der Waals surface area contributed by atoms with E-state index in [4.69, 9.17) is 5.11 Å². The number of rotatable bonds is 2. The zero-order chi connectivity index (χ0) is 10.1. The molecule has 0 bridgehead atoms. The lowest BCUT2D eigenvalue weighted by Crippen LogP contribution is -2.00. The first-order valence-electron chi connectivity index (χ1n) is 3.88. The first kappa shape index (κ1) is 9.14. The van der Waals surface area contributed by atoms with Crippen molar-refractivity contribution in [3.05, 3.63) is 28.6 Å². The predicted molar refractivity (Wildman–Crippen MR) is 52.0 cm³/mol. The molecule has 0 saturated carbocycles. The number of pyridine rings is 1. The molecular weight excluding hydrogens is 250 g/mol. The summed E-state index contributed by atoms with van der Waals surface area (Å²) in [5, 5.41) is 12.6. The van der Waals surface area contributed by atoms with E-state index in [1.165, 1.54) is 0 Å². The average Bonchev–Trinajstić information content (AvgIpc) is 2.42. The van der Waals surface area contributed by atoms with Gasteiger partial charge in [0.2, 0.25) is 4.73 Å². The number of carbonyl (C=O) groups is 1. The summed E-state index contributed by atoms with van der Waals surface area (Å²) in [4.78, 5) is 14.5. The predicted octanol–water partition coefficient (Wildman–Crippen LogP) is 1.12. The van der Waals surface area contributed by atoms with Crippen LogP contribution in [0.15, 0.2) is 23.1 Å². The average molecular weight is 256 g/mol. The summed E-state index contributed by atoms with van der Waals surface area (Å²) in [6, 6.07) is 3.41. The molecule has 0 atom stereocenters. The zero-order valence-corrected chi connectivity index (χ0v) is 8.60. The Morgan fingerprint density at radius 1 is 1.64 bits per heavy atom. The second kappa shape index (κ2) is 3.38. The summed E-state index contributed by atoms with van der Waals surface area (Å²) in [5.41, 5.74) is 1.35. The highest BCUT2D eigenvalue weighted by atomic mass is 79.9. The Morgan fingerprint density at radius 3 is 3.14 bits per heavy atom. The SMILES string of the molecule is O=C(O)Cc1ccn2nc(Br)nc2c1. The van der Waals surface area contributed by atoms with Crippen molar-refractivity contribution < 1.29 is 9.90 Å². The number of fused-ring (bicyclic) bond motifs is 1. The maximum absolute atomic E-state index is 10.5. The van der Waals surface area contributed by atoms with Crippen molar-refractivity contribution in [2.24, 2.45) is 0 Å². The summed E-state index contributed by atoms with van der Waals surface area (Å²) in [6.07, 6.45) is 1.69. The molecule has 0 unspecified atom stereocenters. The second-order valence-corrected chi connectivity index (χ2v) is 3.50. The van der Waals surface area contributed by atoms with Gasteiger partial charge >= 0.3 is 5.97 Å². The molecule has 6 heteroatoms. The summed E-state index contributed by atoms with van der Waals surface area (Å²) in [5.74, 6) is -0.854. The molecule has 1 N–H and O–H groups in total. The van der Waals surface area contributed by atoms with Gasteiger partial charge in [-0.2, -0.15) is 0 Å². The van der Waals surface area contributed by atoms with Crippen molar-refractivity contribution in [3.63, 3.8) is 0 Å². The molecule has 2 aromatic heterocycles. The Hall–Kier alpha value is -1.43. The minimum absolute atomic E-state index is 0.000971. The van der Waals surface area contributed by atoms with Crippen LogP contribution in [0, 0.1) is 0 Å². The molecule has 5 nitrogen and oxygen atoms in total. The number of carboxylic acid groups (broad SMARTS) is 1. The minimum atomic E-state index is -0.854. The van der Waals surface area contributed by atoms with Gasteiger partial charge in [0.15, 0.2) is 5.65 Å². The molecule has 0 aliphatic carbocycles. The molecule has 0 spiro atoms. The number of nitrogens with zero attached hydrogens (tertiary/aromatic N) is 3. The molecular formula is C8H6BrN3O2. The molecule has 0 aliphatic rings. The van der Waals surface area contributed by atoms with E-state index in [1.807, 2.05) is 0 Å². The monoisotopic (exact) mass is 255 g/mol. The summed E-state index contributed by atoms with van der Waals surface area (Å²) < 4.78 is 2.07. The van der Waals surface area contributed by atoms with Crippen molar-refractivity contribution >= 4 is 27.5 Å². The minimum Gasteiger partial charge on any atom is -0.481 e. The van der Waals surface area contributed by atoms with Crippen LogP contribution < -0.4 is 0 Å². The third-order valence-corrected chi connectivity index (χ3v) is 2.07. The van der Waals surface area contributed by atoms with Gasteiger partial charge in [0.05, 0.1) is 6.42 Å². The summed E-state index contributed by atoms with van der Waals surface area (Å²) >= 11 is 3.14. The molecule has 0 fully saturated rings. The molecule has 2 heterocycles. The number of hydrogen-bond donors (Lipinski definition) is 1. The number of aliphatic carboxylic acids is 1. The maximum atomic E-state index is 10.5. The first-order valence-corrected chi connectivity index (χ1v) is 4.67. The highest BCUT2D eigenvalue weighted by Gasteiger charge is 2.04. The molecule has 0 saturated heterocycles. The fourth-order valence-electron chi connectivity index (χ4n) is 1.18. The number of carboxylic acids is 1. The van der Waals surface area contributed by atoms with E-state index in [9.17, 15) is 4.79 Å². The van der Waals surface area contributed by atoms with E-state index < -0.39 is 5.97 Å². The second-order valence-electron chi connectivity index (χ2n) is 2.79. The Morgan fingerprint density at radius 2 is 2.43 bits per heavy atom. The van der Waals surface area contributed by atoms with Gasteiger partial charge < -0.3 is 5.11 Å². The van der Waals surface area contributed by atoms with Crippen molar-refractivity contribution in [3.8, 4) is 0 Å². The highest BCUT2D eigenvalue weighted by molar-refractivity contribution is 9.10. The Bertz CT molecular complexity index is 494. The molecule has 0 aromatic carbocycles. The fraction of sp³-hybridized carbons (Fsp3) is 0.125. The zero-order valence-electron chi connectivity index (χ0n) is 7.01. The molecule has 0 aliphatic heterocycles. The largest absolute Gasteiger partial charge is 0.481 e. The Labute approximate surface area is 87.5 Å². The summed E-state index contributed by atoms with van der Waals surface area (Å²) in [6.45, 7) is 0. The Balaban J connectivity index is 2.45. The van der Waals surface area contributed by atoms with Gasteiger partial charge in [-0.15, -0.1) is 5.10 Å². The van der Waals surface area contributed by atoms with E-state index in [2.05, 4.69) is 26.0 Å². The number of halogens is 1. The van der Waals surface area contributed by atoms with E-state index in [1.54, 1.807) is 22.8 Å². The number of hydrogen-bond acceptors (Lipinski definition) is 3. The van der Waals surface area contributed by atoms with Crippen molar-refractivity contribution in [1.82, 2.24) is 14.6 Å². The quantitative estimate of drug-likeness (QED) is 0.874. The molecule has 0 radical (unpaired) electrons. The maximum Gasteiger partial charge on any atom is 0.307 e. The lowest BCUT2D eigenvalue weighted by Gasteiger charge is -1.96. The van der Waals surface area contributed by atoms with Crippen LogP contribution >= 0.6 is 15.9 Å². The van der Waals surface area contributed by atoms with Crippen LogP contribution in [0.25, 0.3) is 5.65 Å². The van der Waals surface area contributed by atoms with Crippen molar-refractivity contribution in [2.45, 2.75) is 6.42 Å². The van der Waals surface area contributed by atoms with Gasteiger partial charge in [-0.25, -0.2) is 9.50 Å². The van der Waals surface area contributed by atoms with Crippen LogP contribution in [0.4, 0.5) is 0 Å². The molecule has 14 heavy (non-hydrogen) atoms. The molecule has 2 rings (SSSR count). The summed E-state index contributed by atoms with van der Waals surface area (Å²) in [7, 11) is 0. The van der Waals surface area contributed by atoms with E-state index in [-0.39, 0.29) is 6.42 Å². The smallest absolute Gasteiger partial charge is 0.307 e. The van der Waals surface area contributed by atoms with Crippen LogP contribution in [0.2, 0.25) is 0 Å². The van der Waals surface area contributed by atoms with Gasteiger partial charge in [0, 0.05) is 6.20 Å². The third-order valence-electron chi connectivity index (χ3n) is 1.73. The van der Waals surface area contributed by atoms with Crippen LogP contribution in [0.5, 0.6) is 0 Å². The van der Waals surface area contributed by atoms with Gasteiger partial charge in [-0.1, -0.05) is 0 Å². The van der Waals surface area contributed by atoms with Crippen LogP contribution in [-0.2, 0) is 11.2 Å². The normalized spacial score (nSPS) is 10.6. The van der Waals surface area contributed by atoms with E-state index in [0.29, 0.717) is 15.9 Å². The lowest BCUT2D eigenvalue weighted by atomic mass is 10.2. The van der Waals surface area contributed by atoms with Crippen LogP contribution in [0.3, 0.4) is 0 Å². The van der Waals surface area contributed by atoms with Gasteiger partial charge in [0.1, 0.15) is 0 Å². The van der Waals surface area contributed by atoms with Gasteiger partial charge in [0.25, 0.3) is 0 Å². The molecule has 72 valence electrons. The molecule has 0 amide bonds. The Kier molecular flexibility index (Phi) is 2.20. The molecule has 2 aromatic rings. The number of aromatic nitrogens is 3. The lowest BCUT2D eigenvalue weighted by molar-refractivity contribution is -0.136. The van der Waals surface area contributed by atoms with Crippen LogP contribution in [0.1, 0.15) is 5.56 Å². The standard InChI is InChI=1S/C8H6BrN3O2/c9-8-10-6-3-5(4-7(13)14)1-2-12(6)11-8/h1-3H,4H2,(H,13,14). The van der Waals surface area contributed by atoms with Crippen molar-refractivity contribution in [1.29, 1.82) is 0 Å². The van der Waals surface area contributed by atoms with Crippen LogP contribution in [-0.4, -0.2) is 25.7 Å². The highest BCUT2D eigenvalue weighted by Crippen LogP contribution is 2.09. The first-order chi connectivity index (χ1) is 6.65. The topological polar surface area (TPSA) is 67.5 Å².